The van der Waals surface area contributed by atoms with Crippen LogP contribution in [0.4, 0.5) is 8.78 Å². The average molecular weight is 602 g/mol. The zero-order chi connectivity index (χ0) is 31.2. The highest BCUT2D eigenvalue weighted by atomic mass is 19.1. The summed E-state index contributed by atoms with van der Waals surface area (Å²) in [4.78, 5) is 43.8. The fourth-order valence-electron chi connectivity index (χ4n) is 7.26. The lowest BCUT2D eigenvalue weighted by atomic mass is 9.77. The first kappa shape index (κ1) is 29.8. The lowest BCUT2D eigenvalue weighted by Gasteiger charge is -2.53. The summed E-state index contributed by atoms with van der Waals surface area (Å²) in [5.41, 5.74) is 0.867. The third kappa shape index (κ3) is 5.33. The first-order valence-electron chi connectivity index (χ1n) is 15.3. The van der Waals surface area contributed by atoms with Crippen LogP contribution in [0.1, 0.15) is 60.2 Å². The Morgan fingerprint density at radius 3 is 2.30 bits per heavy atom. The Balaban J connectivity index is 1.46. The fraction of sp³-hybridized carbons (Fsp3) is 0.400. The van der Waals surface area contributed by atoms with E-state index in [2.05, 4.69) is 10.6 Å². The lowest BCUT2D eigenvalue weighted by Crippen LogP contribution is -2.72. The number of nitrogens with zero attached hydrogens (tertiary/aromatic N) is 1. The standard InChI is InChI=1S/C35H37F2N3O4/c1-20(2)15-29-33(43)39-31(23-16-21-7-3-4-8-22(21)17-23)34(44)40(29)35(24-11-12-24,27-14-13-25(36)18-28(27)37)19-38-32(42)26-9-5-6-10-30(26)41/h3-10,13-14,18,20,23-24,29,31,41H,11-12,15-17,19H2,1-2H3,(H,38,42)(H,39,43)/t29-,31-,35?/m1/s1. The van der Waals surface area contributed by atoms with Crippen molar-refractivity contribution in [1.82, 2.24) is 15.5 Å². The van der Waals surface area contributed by atoms with Crippen LogP contribution in [0.3, 0.4) is 0 Å². The zero-order valence-electron chi connectivity index (χ0n) is 24.9. The summed E-state index contributed by atoms with van der Waals surface area (Å²) in [5, 5.41) is 16.2. The van der Waals surface area contributed by atoms with Crippen molar-refractivity contribution >= 4 is 17.7 Å². The summed E-state index contributed by atoms with van der Waals surface area (Å²) in [6.45, 7) is 3.68. The number of piperazine rings is 1. The molecule has 3 atom stereocenters. The monoisotopic (exact) mass is 601 g/mol. The van der Waals surface area contributed by atoms with Crippen molar-refractivity contribution in [3.8, 4) is 5.75 Å². The number of amides is 3. The van der Waals surface area contributed by atoms with Crippen LogP contribution in [0.2, 0.25) is 0 Å². The van der Waals surface area contributed by atoms with Crippen molar-refractivity contribution in [2.75, 3.05) is 6.54 Å². The Morgan fingerprint density at radius 1 is 1.02 bits per heavy atom. The zero-order valence-corrected chi connectivity index (χ0v) is 24.9. The van der Waals surface area contributed by atoms with Gasteiger partial charge in [-0.25, -0.2) is 8.78 Å². The van der Waals surface area contributed by atoms with E-state index in [0.29, 0.717) is 32.1 Å². The molecular weight excluding hydrogens is 564 g/mol. The molecule has 9 heteroatoms. The molecule has 7 nitrogen and oxygen atoms in total. The first-order chi connectivity index (χ1) is 21.1. The molecule has 0 spiro atoms. The number of aromatic hydroxyl groups is 1. The van der Waals surface area contributed by atoms with Crippen molar-refractivity contribution in [3.05, 3.63) is 101 Å². The third-order valence-electron chi connectivity index (χ3n) is 9.41. The van der Waals surface area contributed by atoms with Gasteiger partial charge in [-0.1, -0.05) is 56.3 Å². The third-order valence-corrected chi connectivity index (χ3v) is 9.41. The highest BCUT2D eigenvalue weighted by molar-refractivity contribution is 5.99. The molecule has 0 bridgehead atoms. The van der Waals surface area contributed by atoms with Crippen molar-refractivity contribution < 1.29 is 28.3 Å². The Kier molecular flexibility index (Phi) is 7.90. The molecule has 1 saturated heterocycles. The molecule has 2 fully saturated rings. The first-order valence-corrected chi connectivity index (χ1v) is 15.3. The van der Waals surface area contributed by atoms with Gasteiger partial charge in [-0.05, 0) is 79.2 Å². The molecule has 3 aromatic carbocycles. The predicted octanol–water partition coefficient (Wildman–Crippen LogP) is 4.86. The van der Waals surface area contributed by atoms with Crippen LogP contribution < -0.4 is 10.6 Å². The molecule has 1 unspecified atom stereocenters. The molecule has 1 aliphatic heterocycles. The smallest absolute Gasteiger partial charge is 0.255 e. The van der Waals surface area contributed by atoms with Gasteiger partial charge in [0.25, 0.3) is 5.91 Å². The van der Waals surface area contributed by atoms with E-state index in [1.165, 1.54) is 18.2 Å². The van der Waals surface area contributed by atoms with Crippen LogP contribution in [-0.2, 0) is 28.0 Å². The highest BCUT2D eigenvalue weighted by Gasteiger charge is 2.59. The van der Waals surface area contributed by atoms with Gasteiger partial charge in [0.1, 0.15) is 29.5 Å². The number of rotatable bonds is 9. The number of phenolic OH excluding ortho intramolecular Hbond substituents is 1. The molecule has 44 heavy (non-hydrogen) atoms. The molecule has 230 valence electrons. The van der Waals surface area contributed by atoms with E-state index in [0.717, 1.165) is 23.3 Å². The number of nitrogens with one attached hydrogen (secondary N) is 2. The van der Waals surface area contributed by atoms with E-state index in [4.69, 9.17) is 0 Å². The second-order valence-corrected chi connectivity index (χ2v) is 12.8. The molecule has 3 aliphatic rings. The normalized spacial score (nSPS) is 21.6. The van der Waals surface area contributed by atoms with Crippen LogP contribution in [0.15, 0.2) is 66.7 Å². The molecule has 3 aromatic rings. The molecule has 0 radical (unpaired) electrons. The van der Waals surface area contributed by atoms with E-state index in [9.17, 15) is 23.9 Å². The van der Waals surface area contributed by atoms with Gasteiger partial charge in [0.05, 0.1) is 11.1 Å². The molecular formula is C35H37F2N3O4. The maximum Gasteiger partial charge on any atom is 0.255 e. The average Bonchev–Trinajstić information content (AvgIpc) is 3.75. The summed E-state index contributed by atoms with van der Waals surface area (Å²) in [5.74, 6) is -3.57. The van der Waals surface area contributed by atoms with Crippen LogP contribution >= 0.6 is 0 Å². The number of hydrogen-bond donors (Lipinski definition) is 3. The molecule has 2 aliphatic carbocycles. The van der Waals surface area contributed by atoms with E-state index in [1.54, 1.807) is 17.0 Å². The summed E-state index contributed by atoms with van der Waals surface area (Å²) >= 11 is 0. The van der Waals surface area contributed by atoms with Crippen LogP contribution in [-0.4, -0.2) is 46.4 Å². The molecule has 1 heterocycles. The maximum absolute atomic E-state index is 16.0. The predicted molar refractivity (Wildman–Crippen MR) is 161 cm³/mol. The van der Waals surface area contributed by atoms with Gasteiger partial charge in [-0.3, -0.25) is 14.4 Å². The number of carbonyl (C=O) groups is 3. The summed E-state index contributed by atoms with van der Waals surface area (Å²) < 4.78 is 30.2. The van der Waals surface area contributed by atoms with Gasteiger partial charge in [0.15, 0.2) is 0 Å². The minimum Gasteiger partial charge on any atom is -0.507 e. The number of hydrogen-bond acceptors (Lipinski definition) is 4. The van der Waals surface area contributed by atoms with Crippen molar-refractivity contribution in [2.45, 2.75) is 63.6 Å². The summed E-state index contributed by atoms with van der Waals surface area (Å²) in [6, 6.07) is 15.5. The van der Waals surface area contributed by atoms with Crippen LogP contribution in [0, 0.1) is 29.4 Å². The quantitative estimate of drug-likeness (QED) is 0.326. The number of carbonyl (C=O) groups excluding carboxylic acids is 3. The molecule has 3 amide bonds. The molecule has 0 aromatic heterocycles. The maximum atomic E-state index is 16.0. The molecule has 1 saturated carbocycles. The van der Waals surface area contributed by atoms with E-state index >= 15 is 4.39 Å². The topological polar surface area (TPSA) is 98.7 Å². The number of halogens is 2. The van der Waals surface area contributed by atoms with Crippen molar-refractivity contribution in [2.24, 2.45) is 17.8 Å². The second kappa shape index (κ2) is 11.7. The number of para-hydroxylation sites is 1. The van der Waals surface area contributed by atoms with Gasteiger partial charge >= 0.3 is 0 Å². The SMILES string of the molecule is CC(C)C[C@@H]1C(=O)N[C@H](C2Cc3ccccc3C2)C(=O)N1C(CNC(=O)c1ccccc1O)(c1ccc(F)cc1F)C1CC1. The van der Waals surface area contributed by atoms with Crippen LogP contribution in [0.5, 0.6) is 5.75 Å². The number of phenols is 1. The van der Waals surface area contributed by atoms with Crippen LogP contribution in [0.25, 0.3) is 0 Å². The molecule has 3 N–H and O–H groups in total. The van der Waals surface area contributed by atoms with Gasteiger partial charge in [-0.2, -0.15) is 0 Å². The molecule has 6 rings (SSSR count). The van der Waals surface area contributed by atoms with E-state index < -0.39 is 35.2 Å². The number of benzene rings is 3. The van der Waals surface area contributed by atoms with Gasteiger partial charge in [0.2, 0.25) is 11.8 Å². The minimum absolute atomic E-state index is 0.0131. The van der Waals surface area contributed by atoms with Crippen molar-refractivity contribution in [3.63, 3.8) is 0 Å². The second-order valence-electron chi connectivity index (χ2n) is 12.8. The highest BCUT2D eigenvalue weighted by Crippen LogP contribution is 2.52. The Hall–Kier alpha value is -4.27. The van der Waals surface area contributed by atoms with E-state index in [1.807, 2.05) is 38.1 Å². The minimum atomic E-state index is -1.48. The van der Waals surface area contributed by atoms with Gasteiger partial charge in [0, 0.05) is 18.2 Å². The summed E-state index contributed by atoms with van der Waals surface area (Å²) in [7, 11) is 0. The largest absolute Gasteiger partial charge is 0.507 e. The Labute approximate surface area is 255 Å². The Bertz CT molecular complexity index is 1580. The Morgan fingerprint density at radius 2 is 1.68 bits per heavy atom. The summed E-state index contributed by atoms with van der Waals surface area (Å²) in [6.07, 6.45) is 2.80. The van der Waals surface area contributed by atoms with E-state index in [-0.39, 0.29) is 53.0 Å². The fourth-order valence-corrected chi connectivity index (χ4v) is 7.26. The lowest BCUT2D eigenvalue weighted by molar-refractivity contribution is -0.162. The van der Waals surface area contributed by atoms with Gasteiger partial charge < -0.3 is 20.6 Å². The van der Waals surface area contributed by atoms with Crippen molar-refractivity contribution in [1.29, 1.82) is 0 Å². The van der Waals surface area contributed by atoms with Gasteiger partial charge in [-0.15, -0.1) is 0 Å². The number of fused-ring (bicyclic) bond motifs is 1.